The van der Waals surface area contributed by atoms with Crippen LogP contribution in [0.3, 0.4) is 0 Å². The average molecular weight is 518 g/mol. The maximum absolute atomic E-state index is 4.47. The molecule has 0 aliphatic rings. The second kappa shape index (κ2) is 10.0. The van der Waals surface area contributed by atoms with E-state index in [1.165, 1.54) is 28.8 Å². The Balaban J connectivity index is 2.16. The molecule has 0 heterocycles. The van der Waals surface area contributed by atoms with Crippen LogP contribution >= 0.6 is 36.7 Å². The van der Waals surface area contributed by atoms with Crippen molar-refractivity contribution in [3.05, 3.63) is 103 Å². The van der Waals surface area contributed by atoms with Crippen molar-refractivity contribution < 1.29 is 0 Å². The van der Waals surface area contributed by atoms with Crippen LogP contribution in [0.1, 0.15) is 19.3 Å². The molecule has 3 rings (SSSR count). The Bertz CT molecular complexity index is 777. The van der Waals surface area contributed by atoms with Crippen molar-refractivity contribution >= 4 is 52.6 Å². The van der Waals surface area contributed by atoms with E-state index >= 15 is 0 Å². The summed E-state index contributed by atoms with van der Waals surface area (Å²) in [5.74, 6) is 0. The summed E-state index contributed by atoms with van der Waals surface area (Å²) in [6.45, 7) is 0. The molecular formula is C25H27Br2P. The van der Waals surface area contributed by atoms with Gasteiger partial charge in [-0.2, -0.15) is 0 Å². The Hall–Kier alpha value is -1.21. The monoisotopic (exact) mass is 516 g/mol. The van der Waals surface area contributed by atoms with Crippen LogP contribution in [0.2, 0.25) is 0 Å². The second-order valence-electron chi connectivity index (χ2n) is 7.03. The normalized spacial score (nSPS) is 13.3. The number of hydrogen-bond donors (Lipinski definition) is 0. The molecule has 3 heteroatoms. The van der Waals surface area contributed by atoms with E-state index in [1.807, 2.05) is 0 Å². The van der Waals surface area contributed by atoms with Gasteiger partial charge in [-0.3, -0.25) is 0 Å². The maximum atomic E-state index is 4.47. The van der Waals surface area contributed by atoms with Crippen LogP contribution in [0.15, 0.2) is 103 Å². The molecule has 0 radical (unpaired) electrons. The zero-order chi connectivity index (χ0) is 19.7. The number of hydrogen-bond acceptors (Lipinski definition) is 0. The topological polar surface area (TPSA) is 0 Å². The molecule has 3 aromatic rings. The Labute approximate surface area is 185 Å². The van der Waals surface area contributed by atoms with E-state index in [-0.39, 0.29) is 0 Å². The number of allylic oxidation sites excluding steroid dienone is 2. The van der Waals surface area contributed by atoms with E-state index in [1.54, 1.807) is 0 Å². The van der Waals surface area contributed by atoms with Crippen molar-refractivity contribution in [2.75, 3.05) is 11.5 Å². The summed E-state index contributed by atoms with van der Waals surface area (Å²) in [6, 6.07) is 32.9. The molecule has 0 amide bonds. The zero-order valence-corrected chi connectivity index (χ0v) is 20.1. The minimum absolute atomic E-state index is 0.970. The van der Waals surface area contributed by atoms with Gasteiger partial charge in [-0.25, -0.2) is 0 Å². The molecule has 146 valence electrons. The molecule has 0 nitrogen and oxygen atoms in total. The third kappa shape index (κ3) is 4.35. The molecule has 28 heavy (non-hydrogen) atoms. The van der Waals surface area contributed by atoms with Gasteiger partial charge in [0, 0.05) is 0 Å². The molecule has 3 aromatic carbocycles. The van der Waals surface area contributed by atoms with E-state index < -0.39 is 5.31 Å². The first-order valence-electron chi connectivity index (χ1n) is 9.81. The van der Waals surface area contributed by atoms with Crippen molar-refractivity contribution in [2.45, 2.75) is 19.3 Å². The van der Waals surface area contributed by atoms with E-state index in [2.05, 4.69) is 135 Å². The number of benzene rings is 3. The SMILES string of the molecule is BrCCCCC=CCP(Br)(c1ccccc1)(c1ccccc1)c1ccccc1. The van der Waals surface area contributed by atoms with Crippen molar-refractivity contribution in [3.63, 3.8) is 0 Å². The van der Waals surface area contributed by atoms with Crippen molar-refractivity contribution in [2.24, 2.45) is 0 Å². The number of alkyl halides is 1. The van der Waals surface area contributed by atoms with E-state index in [9.17, 15) is 0 Å². The summed E-state index contributed by atoms with van der Waals surface area (Å²) in [5.41, 5.74) is 0. The Kier molecular flexibility index (Phi) is 7.69. The summed E-state index contributed by atoms with van der Waals surface area (Å²) >= 11 is 8.00. The van der Waals surface area contributed by atoms with Gasteiger partial charge in [0.05, 0.1) is 0 Å². The van der Waals surface area contributed by atoms with Gasteiger partial charge in [0.25, 0.3) is 0 Å². The fourth-order valence-electron chi connectivity index (χ4n) is 3.73. The number of unbranched alkanes of at least 4 members (excludes halogenated alkanes) is 2. The van der Waals surface area contributed by atoms with Crippen molar-refractivity contribution in [3.8, 4) is 0 Å². The molecule has 0 unspecified atom stereocenters. The van der Waals surface area contributed by atoms with Crippen LogP contribution in [0.5, 0.6) is 0 Å². The summed E-state index contributed by atoms with van der Waals surface area (Å²) in [7, 11) is 0. The average Bonchev–Trinajstić information content (AvgIpc) is 2.78. The fourth-order valence-corrected chi connectivity index (χ4v) is 11.2. The molecule has 0 spiro atoms. The summed E-state index contributed by atoms with van der Waals surface area (Å²) in [6.07, 6.45) is 9.30. The van der Waals surface area contributed by atoms with E-state index in [0.29, 0.717) is 0 Å². The van der Waals surface area contributed by atoms with Crippen LogP contribution in [0, 0.1) is 0 Å². The minimum atomic E-state index is -2.79. The van der Waals surface area contributed by atoms with Crippen LogP contribution in [0.4, 0.5) is 0 Å². The van der Waals surface area contributed by atoms with Gasteiger partial charge in [-0.05, 0) is 0 Å². The van der Waals surface area contributed by atoms with Crippen molar-refractivity contribution in [1.29, 1.82) is 0 Å². The van der Waals surface area contributed by atoms with Crippen LogP contribution in [0.25, 0.3) is 0 Å². The summed E-state index contributed by atoms with van der Waals surface area (Å²) < 4.78 is 0. The van der Waals surface area contributed by atoms with Crippen LogP contribution in [-0.2, 0) is 0 Å². The van der Waals surface area contributed by atoms with Crippen molar-refractivity contribution in [1.82, 2.24) is 0 Å². The molecule has 0 bridgehead atoms. The van der Waals surface area contributed by atoms with E-state index in [0.717, 1.165) is 17.9 Å². The fraction of sp³-hybridized carbons (Fsp3) is 0.200. The van der Waals surface area contributed by atoms with Gasteiger partial charge >= 0.3 is 187 Å². The van der Waals surface area contributed by atoms with Crippen LogP contribution in [-0.4, -0.2) is 11.5 Å². The summed E-state index contributed by atoms with van der Waals surface area (Å²) in [4.78, 5) is 0. The molecule has 0 atom stereocenters. The zero-order valence-electron chi connectivity index (χ0n) is 16.1. The van der Waals surface area contributed by atoms with Gasteiger partial charge in [-0.15, -0.1) is 0 Å². The molecule has 0 aliphatic carbocycles. The van der Waals surface area contributed by atoms with Gasteiger partial charge in [0.2, 0.25) is 0 Å². The Morgan fingerprint density at radius 3 is 1.43 bits per heavy atom. The third-order valence-electron chi connectivity index (χ3n) is 5.25. The predicted octanol–water partition coefficient (Wildman–Crippen LogP) is 6.95. The van der Waals surface area contributed by atoms with Gasteiger partial charge in [0.15, 0.2) is 0 Å². The number of rotatable bonds is 9. The predicted molar refractivity (Wildman–Crippen MR) is 136 cm³/mol. The first kappa shape index (κ1) is 21.5. The number of halogens is 2. The quantitative estimate of drug-likeness (QED) is 0.125. The molecule has 0 saturated heterocycles. The summed E-state index contributed by atoms with van der Waals surface area (Å²) in [5, 5.41) is 2.41. The van der Waals surface area contributed by atoms with Gasteiger partial charge < -0.3 is 0 Å². The molecule has 0 N–H and O–H groups in total. The van der Waals surface area contributed by atoms with E-state index in [4.69, 9.17) is 0 Å². The third-order valence-corrected chi connectivity index (χ3v) is 15.4. The molecule has 0 saturated carbocycles. The second-order valence-corrected chi connectivity index (χ2v) is 16.8. The molecule has 0 fully saturated rings. The molecular weight excluding hydrogens is 491 g/mol. The van der Waals surface area contributed by atoms with Gasteiger partial charge in [-0.1, -0.05) is 0 Å². The first-order valence-corrected chi connectivity index (χ1v) is 15.4. The Morgan fingerprint density at radius 2 is 1.04 bits per heavy atom. The Morgan fingerprint density at radius 1 is 0.607 bits per heavy atom. The first-order chi connectivity index (χ1) is 13.7. The van der Waals surface area contributed by atoms with Gasteiger partial charge in [0.1, 0.15) is 0 Å². The standard InChI is InChI=1S/C25H27Br2P/c26-21-13-2-1-3-14-22-28(27,23-15-7-4-8-16-23,24-17-9-5-10-18-24)25-19-11-6-12-20-25/h3-12,14-20H,1-2,13,21-22H2. The van der Waals surface area contributed by atoms with Crippen LogP contribution < -0.4 is 15.9 Å². The molecule has 0 aliphatic heterocycles. The molecule has 0 aromatic heterocycles.